The van der Waals surface area contributed by atoms with E-state index < -0.39 is 0 Å². The van der Waals surface area contributed by atoms with Gasteiger partial charge in [-0.05, 0) is 41.2 Å². The van der Waals surface area contributed by atoms with Crippen molar-refractivity contribution in [3.05, 3.63) is 83.1 Å². The van der Waals surface area contributed by atoms with E-state index in [0.29, 0.717) is 6.04 Å². The van der Waals surface area contributed by atoms with Crippen molar-refractivity contribution >= 4 is 6.08 Å². The summed E-state index contributed by atoms with van der Waals surface area (Å²) in [5.74, 6) is 0. The molecular formula is C19H19N. The zero-order valence-corrected chi connectivity index (χ0v) is 11.6. The molecule has 0 aromatic heterocycles. The van der Waals surface area contributed by atoms with Crippen LogP contribution in [0.15, 0.2) is 60.8 Å². The van der Waals surface area contributed by atoms with Gasteiger partial charge in [0, 0.05) is 12.6 Å². The third kappa shape index (κ3) is 2.91. The lowest BCUT2D eigenvalue weighted by Crippen LogP contribution is -2.37. The van der Waals surface area contributed by atoms with Gasteiger partial charge in [0.2, 0.25) is 0 Å². The number of nitrogens with one attached hydrogen (secondary N) is 1. The molecule has 1 aliphatic rings. The maximum absolute atomic E-state index is 3.63. The monoisotopic (exact) mass is 261 g/mol. The summed E-state index contributed by atoms with van der Waals surface area (Å²) in [4.78, 5) is 0. The van der Waals surface area contributed by atoms with Gasteiger partial charge in [0.05, 0.1) is 0 Å². The Bertz CT molecular complexity index is 633. The zero-order valence-electron chi connectivity index (χ0n) is 11.6. The van der Waals surface area contributed by atoms with Gasteiger partial charge in [-0.25, -0.2) is 0 Å². The van der Waals surface area contributed by atoms with E-state index >= 15 is 0 Å². The third-order valence-corrected chi connectivity index (χ3v) is 3.90. The maximum atomic E-state index is 3.63. The van der Waals surface area contributed by atoms with Gasteiger partial charge in [0.1, 0.15) is 0 Å². The first-order valence-corrected chi connectivity index (χ1v) is 7.10. The second-order valence-electron chi connectivity index (χ2n) is 5.34. The van der Waals surface area contributed by atoms with Crippen LogP contribution < -0.4 is 5.32 Å². The summed E-state index contributed by atoms with van der Waals surface area (Å²) in [6.07, 6.45) is 4.09. The predicted molar refractivity (Wildman–Crippen MR) is 84.5 cm³/mol. The minimum atomic E-state index is 0.533. The Morgan fingerprint density at radius 2 is 1.85 bits per heavy atom. The summed E-state index contributed by atoms with van der Waals surface area (Å²) in [5, 5.41) is 3.63. The Morgan fingerprint density at radius 3 is 2.60 bits per heavy atom. The Labute approximate surface area is 120 Å². The van der Waals surface area contributed by atoms with E-state index in [1.54, 1.807) is 0 Å². The molecule has 1 atom stereocenters. The first kappa shape index (κ1) is 12.9. The fraction of sp³-hybridized carbons (Fsp3) is 0.211. The standard InChI is InChI=1S/C19H19N/c1-2-5-15-8-10-16(11-9-15)12-19-13-17-6-3-4-7-18(17)14-20-19/h3-11,19-20H,1,12-14H2. The molecule has 100 valence electrons. The molecular weight excluding hydrogens is 242 g/mol. The van der Waals surface area contributed by atoms with Gasteiger partial charge in [-0.3, -0.25) is 0 Å². The molecule has 0 aliphatic carbocycles. The average Bonchev–Trinajstić information content (AvgIpc) is 2.49. The van der Waals surface area contributed by atoms with Crippen LogP contribution in [0.1, 0.15) is 22.3 Å². The highest BCUT2D eigenvalue weighted by molar-refractivity contribution is 5.48. The lowest BCUT2D eigenvalue weighted by molar-refractivity contribution is 0.477. The van der Waals surface area contributed by atoms with Gasteiger partial charge >= 0.3 is 0 Å². The number of fused-ring (bicyclic) bond motifs is 1. The fourth-order valence-electron chi connectivity index (χ4n) is 2.82. The molecule has 2 aromatic rings. The van der Waals surface area contributed by atoms with Gasteiger partial charge in [0.25, 0.3) is 0 Å². The highest BCUT2D eigenvalue weighted by atomic mass is 14.9. The van der Waals surface area contributed by atoms with Crippen LogP contribution >= 0.6 is 0 Å². The largest absolute Gasteiger partial charge is 0.309 e. The van der Waals surface area contributed by atoms with Crippen molar-refractivity contribution in [1.82, 2.24) is 5.32 Å². The summed E-state index contributed by atoms with van der Waals surface area (Å²) in [6, 6.07) is 17.9. The van der Waals surface area contributed by atoms with Crippen molar-refractivity contribution < 1.29 is 0 Å². The van der Waals surface area contributed by atoms with Crippen molar-refractivity contribution in [2.75, 3.05) is 0 Å². The molecule has 0 amide bonds. The first-order chi connectivity index (χ1) is 9.85. The summed E-state index contributed by atoms with van der Waals surface area (Å²) >= 11 is 0. The highest BCUT2D eigenvalue weighted by Gasteiger charge is 2.17. The number of hydrogen-bond donors (Lipinski definition) is 1. The van der Waals surface area contributed by atoms with Crippen molar-refractivity contribution in [3.63, 3.8) is 0 Å². The number of rotatable bonds is 3. The zero-order chi connectivity index (χ0) is 13.8. The van der Waals surface area contributed by atoms with Gasteiger partial charge in [-0.2, -0.15) is 0 Å². The minimum absolute atomic E-state index is 0.533. The van der Waals surface area contributed by atoms with Gasteiger partial charge in [-0.1, -0.05) is 55.1 Å². The molecule has 3 rings (SSSR count). The van der Waals surface area contributed by atoms with Crippen LogP contribution in [0, 0.1) is 0 Å². The van der Waals surface area contributed by atoms with E-state index in [4.69, 9.17) is 0 Å². The molecule has 1 nitrogen and oxygen atoms in total. The van der Waals surface area contributed by atoms with E-state index in [1.807, 2.05) is 6.08 Å². The van der Waals surface area contributed by atoms with Crippen LogP contribution in [0.5, 0.6) is 0 Å². The highest BCUT2D eigenvalue weighted by Crippen LogP contribution is 2.18. The van der Waals surface area contributed by atoms with Crippen molar-refractivity contribution in [3.8, 4) is 0 Å². The van der Waals surface area contributed by atoms with Crippen molar-refractivity contribution in [1.29, 1.82) is 0 Å². The van der Waals surface area contributed by atoms with Crippen LogP contribution in [-0.2, 0) is 19.4 Å². The Balaban J connectivity index is 1.68. The Kier molecular flexibility index (Phi) is 3.83. The minimum Gasteiger partial charge on any atom is -0.309 e. The molecule has 0 saturated carbocycles. The lowest BCUT2D eigenvalue weighted by atomic mass is 9.92. The quantitative estimate of drug-likeness (QED) is 0.830. The molecule has 1 heterocycles. The third-order valence-electron chi connectivity index (χ3n) is 3.90. The SMILES string of the molecule is C=C=Cc1ccc(CC2Cc3ccccc3CN2)cc1. The average molecular weight is 261 g/mol. The molecule has 20 heavy (non-hydrogen) atoms. The van der Waals surface area contributed by atoms with Gasteiger partial charge in [0.15, 0.2) is 0 Å². The molecule has 1 aliphatic heterocycles. The fourth-order valence-corrected chi connectivity index (χ4v) is 2.82. The molecule has 0 radical (unpaired) electrons. The maximum Gasteiger partial charge on any atom is 0.0211 e. The lowest BCUT2D eigenvalue weighted by Gasteiger charge is -2.26. The summed E-state index contributed by atoms with van der Waals surface area (Å²) in [5.41, 5.74) is 8.27. The van der Waals surface area contributed by atoms with E-state index in [0.717, 1.165) is 24.9 Å². The summed E-state index contributed by atoms with van der Waals surface area (Å²) in [6.45, 7) is 4.59. The normalized spacial score (nSPS) is 17.1. The second kappa shape index (κ2) is 5.92. The van der Waals surface area contributed by atoms with Crippen molar-refractivity contribution in [2.45, 2.75) is 25.4 Å². The molecule has 0 fully saturated rings. The second-order valence-corrected chi connectivity index (χ2v) is 5.34. The molecule has 0 saturated heterocycles. The van der Waals surface area contributed by atoms with E-state index in [2.05, 4.69) is 66.2 Å². The van der Waals surface area contributed by atoms with E-state index in [9.17, 15) is 0 Å². The number of hydrogen-bond acceptors (Lipinski definition) is 1. The van der Waals surface area contributed by atoms with Crippen molar-refractivity contribution in [2.24, 2.45) is 0 Å². The van der Waals surface area contributed by atoms with Crippen LogP contribution in [0.3, 0.4) is 0 Å². The van der Waals surface area contributed by atoms with Crippen LogP contribution in [0.2, 0.25) is 0 Å². The first-order valence-electron chi connectivity index (χ1n) is 7.10. The topological polar surface area (TPSA) is 12.0 Å². The molecule has 1 heteroatoms. The molecule has 1 unspecified atom stereocenters. The van der Waals surface area contributed by atoms with E-state index in [1.165, 1.54) is 16.7 Å². The van der Waals surface area contributed by atoms with Crippen LogP contribution in [-0.4, -0.2) is 6.04 Å². The predicted octanol–water partition coefficient (Wildman–Crippen LogP) is 3.74. The summed E-state index contributed by atoms with van der Waals surface area (Å²) in [7, 11) is 0. The summed E-state index contributed by atoms with van der Waals surface area (Å²) < 4.78 is 0. The molecule has 2 aromatic carbocycles. The van der Waals surface area contributed by atoms with Gasteiger partial charge in [-0.15, -0.1) is 5.73 Å². The Hall–Kier alpha value is -2.08. The van der Waals surface area contributed by atoms with Crippen LogP contribution in [0.4, 0.5) is 0 Å². The molecule has 0 spiro atoms. The molecule has 1 N–H and O–H groups in total. The molecule has 0 bridgehead atoms. The smallest absolute Gasteiger partial charge is 0.0211 e. The number of benzene rings is 2. The van der Waals surface area contributed by atoms with E-state index in [-0.39, 0.29) is 0 Å². The van der Waals surface area contributed by atoms with Crippen LogP contribution in [0.25, 0.3) is 6.08 Å². The van der Waals surface area contributed by atoms with Gasteiger partial charge < -0.3 is 5.32 Å². The Morgan fingerprint density at radius 1 is 1.10 bits per heavy atom.